The van der Waals surface area contributed by atoms with E-state index >= 15 is 0 Å². The highest BCUT2D eigenvalue weighted by Crippen LogP contribution is 2.39. The summed E-state index contributed by atoms with van der Waals surface area (Å²) in [5.41, 5.74) is 0.483. The van der Waals surface area contributed by atoms with Crippen LogP contribution in [0.15, 0.2) is 30.3 Å². The van der Waals surface area contributed by atoms with Crippen LogP contribution < -0.4 is 0 Å². The first-order valence-corrected chi connectivity index (χ1v) is 5.54. The molecule has 3 heteroatoms. The average Bonchev–Trinajstić information content (AvgIpc) is 2.32. The molecule has 1 aromatic rings. The largest absolute Gasteiger partial charge is 0.446 e. The lowest BCUT2D eigenvalue weighted by atomic mass is 9.77. The van der Waals surface area contributed by atoms with Crippen LogP contribution in [-0.2, 0) is 19.9 Å². The first-order valence-electron chi connectivity index (χ1n) is 5.54. The van der Waals surface area contributed by atoms with Gasteiger partial charge in [0.05, 0.1) is 0 Å². The zero-order valence-corrected chi connectivity index (χ0v) is 9.84. The molecule has 1 aliphatic rings. The summed E-state index contributed by atoms with van der Waals surface area (Å²) in [4.78, 5) is 22.7. The van der Waals surface area contributed by atoms with Gasteiger partial charge in [0, 0.05) is 18.4 Å². The second-order valence-corrected chi connectivity index (χ2v) is 4.24. The van der Waals surface area contributed by atoms with E-state index in [0.717, 1.165) is 17.4 Å². The average molecular weight is 230 g/mol. The van der Waals surface area contributed by atoms with Gasteiger partial charge in [0.2, 0.25) is 0 Å². The van der Waals surface area contributed by atoms with Crippen molar-refractivity contribution in [2.75, 3.05) is 0 Å². The molecule has 0 amide bonds. The maximum absolute atomic E-state index is 11.5. The van der Waals surface area contributed by atoms with E-state index in [2.05, 4.69) is 0 Å². The maximum Gasteiger partial charge on any atom is 0.303 e. The minimum Gasteiger partial charge on any atom is -0.446 e. The van der Waals surface area contributed by atoms with E-state index in [9.17, 15) is 9.59 Å². The minimum absolute atomic E-state index is 0.168. The minimum atomic E-state index is -1.18. The Morgan fingerprint density at radius 3 is 2.76 bits per heavy atom. The van der Waals surface area contributed by atoms with E-state index in [1.54, 1.807) is 0 Å². The molecule has 1 aliphatic carbocycles. The molecule has 2 atom stereocenters. The molecule has 1 aromatic carbocycles. The third kappa shape index (κ3) is 1.78. The number of hydrogen-bond acceptors (Lipinski definition) is 3. The topological polar surface area (TPSA) is 43.4 Å². The van der Waals surface area contributed by atoms with E-state index in [4.69, 9.17) is 4.74 Å². The molecule has 0 N–H and O–H groups in total. The van der Waals surface area contributed by atoms with Gasteiger partial charge in [-0.1, -0.05) is 43.3 Å². The number of esters is 1. The third-order valence-corrected chi connectivity index (χ3v) is 3.11. The van der Waals surface area contributed by atoms with Crippen LogP contribution in [0.1, 0.15) is 25.0 Å². The highest BCUT2D eigenvalue weighted by molar-refractivity contribution is 5.79. The zero-order valence-electron chi connectivity index (χ0n) is 9.84. The highest BCUT2D eigenvalue weighted by atomic mass is 16.6. The van der Waals surface area contributed by atoms with Gasteiger partial charge in [-0.2, -0.15) is 0 Å². The van der Waals surface area contributed by atoms with Crippen molar-refractivity contribution < 1.29 is 14.3 Å². The zero-order chi connectivity index (χ0) is 12.5. The van der Waals surface area contributed by atoms with Gasteiger partial charge in [0.1, 0.15) is 0 Å². The van der Waals surface area contributed by atoms with Crippen LogP contribution in [0.2, 0.25) is 0 Å². The Hall–Kier alpha value is -1.90. The summed E-state index contributed by atoms with van der Waals surface area (Å²) in [7, 11) is 0. The summed E-state index contributed by atoms with van der Waals surface area (Å²) in [5.74, 6) is -0.618. The highest BCUT2D eigenvalue weighted by Gasteiger charge is 2.43. The Morgan fingerprint density at radius 1 is 1.41 bits per heavy atom. The van der Waals surface area contributed by atoms with E-state index in [1.807, 2.05) is 43.3 Å². The fourth-order valence-electron chi connectivity index (χ4n) is 2.22. The predicted molar refractivity (Wildman–Crippen MR) is 64.1 cm³/mol. The quantitative estimate of drug-likeness (QED) is 0.578. The van der Waals surface area contributed by atoms with Crippen molar-refractivity contribution in [3.63, 3.8) is 0 Å². The van der Waals surface area contributed by atoms with Gasteiger partial charge in [-0.15, -0.1) is 0 Å². The second kappa shape index (κ2) is 4.17. The smallest absolute Gasteiger partial charge is 0.303 e. The monoisotopic (exact) mass is 230 g/mol. The summed E-state index contributed by atoms with van der Waals surface area (Å²) in [6.45, 7) is 3.18. The van der Waals surface area contributed by atoms with Crippen LogP contribution in [0, 0.1) is 5.92 Å². The van der Waals surface area contributed by atoms with E-state index in [-0.39, 0.29) is 5.92 Å². The molecule has 0 bridgehead atoms. The van der Waals surface area contributed by atoms with Crippen molar-refractivity contribution in [2.24, 2.45) is 5.92 Å². The van der Waals surface area contributed by atoms with Crippen molar-refractivity contribution in [3.8, 4) is 0 Å². The number of hydrogen-bond donors (Lipinski definition) is 0. The molecule has 0 radical (unpaired) electrons. The lowest BCUT2D eigenvalue weighted by Crippen LogP contribution is -2.41. The van der Waals surface area contributed by atoms with E-state index in [1.165, 1.54) is 6.92 Å². The lowest BCUT2D eigenvalue weighted by Gasteiger charge is -2.35. The molecule has 0 fully saturated rings. The molecule has 2 unspecified atom stereocenters. The first-order chi connectivity index (χ1) is 8.10. The summed E-state index contributed by atoms with van der Waals surface area (Å²) < 4.78 is 5.31. The molecular weight excluding hydrogens is 216 g/mol. The van der Waals surface area contributed by atoms with Crippen LogP contribution >= 0.6 is 0 Å². The summed E-state index contributed by atoms with van der Waals surface area (Å²) >= 11 is 0. The number of carbonyl (C=O) groups excluding carboxylic acids is 2. The molecule has 0 aromatic heterocycles. The number of benzene rings is 1. The Balaban J connectivity index is 2.60. The fraction of sp³-hybridized carbons (Fsp3) is 0.286. The number of carbonyl (C=O) groups is 2. The van der Waals surface area contributed by atoms with Gasteiger partial charge in [0.25, 0.3) is 0 Å². The van der Waals surface area contributed by atoms with Crippen LogP contribution in [0.4, 0.5) is 0 Å². The van der Waals surface area contributed by atoms with Crippen LogP contribution in [0.25, 0.3) is 6.08 Å². The number of aldehydes is 1. The fourth-order valence-corrected chi connectivity index (χ4v) is 2.22. The van der Waals surface area contributed by atoms with Crippen molar-refractivity contribution in [1.29, 1.82) is 0 Å². The lowest BCUT2D eigenvalue weighted by molar-refractivity contribution is -0.166. The van der Waals surface area contributed by atoms with Crippen molar-refractivity contribution >= 4 is 18.3 Å². The van der Waals surface area contributed by atoms with Crippen molar-refractivity contribution in [1.82, 2.24) is 0 Å². The number of fused-ring (bicyclic) bond motifs is 1. The van der Waals surface area contributed by atoms with Gasteiger partial charge < -0.3 is 4.74 Å². The Morgan fingerprint density at radius 2 is 2.12 bits per heavy atom. The number of ether oxygens (including phenoxy) is 1. The van der Waals surface area contributed by atoms with E-state index in [0.29, 0.717) is 0 Å². The standard InChI is InChI=1S/C14H14O3/c1-10-7-8-12-5-3-4-6-13(12)14(10,9-15)17-11(2)16/h3-10H,1-2H3. The van der Waals surface area contributed by atoms with Gasteiger partial charge in [-0.05, 0) is 5.56 Å². The van der Waals surface area contributed by atoms with Crippen LogP contribution in [0.3, 0.4) is 0 Å². The summed E-state index contributed by atoms with van der Waals surface area (Å²) in [5, 5.41) is 0. The molecule has 0 saturated carbocycles. The van der Waals surface area contributed by atoms with Crippen molar-refractivity contribution in [2.45, 2.75) is 19.4 Å². The summed E-state index contributed by atoms with van der Waals surface area (Å²) in [6, 6.07) is 7.46. The molecule has 0 aliphatic heterocycles. The molecule has 17 heavy (non-hydrogen) atoms. The first kappa shape index (κ1) is 11.6. The Labute approximate surface area is 100 Å². The predicted octanol–water partition coefficient (Wildman–Crippen LogP) is 2.31. The molecular formula is C14H14O3. The normalized spacial score (nSPS) is 26.1. The molecule has 88 valence electrons. The van der Waals surface area contributed by atoms with Crippen molar-refractivity contribution in [3.05, 3.63) is 41.5 Å². The summed E-state index contributed by atoms with van der Waals surface area (Å²) in [6.07, 6.45) is 4.56. The van der Waals surface area contributed by atoms with Gasteiger partial charge in [0.15, 0.2) is 11.9 Å². The van der Waals surface area contributed by atoms with E-state index < -0.39 is 11.6 Å². The van der Waals surface area contributed by atoms with Gasteiger partial charge in [-0.25, -0.2) is 0 Å². The molecule has 0 heterocycles. The molecule has 3 nitrogen and oxygen atoms in total. The van der Waals surface area contributed by atoms with Crippen LogP contribution in [-0.4, -0.2) is 12.3 Å². The third-order valence-electron chi connectivity index (χ3n) is 3.11. The molecule has 2 rings (SSSR count). The number of rotatable bonds is 2. The Bertz CT molecular complexity index is 490. The van der Waals surface area contributed by atoms with Gasteiger partial charge >= 0.3 is 5.97 Å². The maximum atomic E-state index is 11.5. The molecule has 0 spiro atoms. The SMILES string of the molecule is CC(=O)OC1(C=O)c2ccccc2C=CC1C. The van der Waals surface area contributed by atoms with Crippen LogP contribution in [0.5, 0.6) is 0 Å². The second-order valence-electron chi connectivity index (χ2n) is 4.24. The Kier molecular flexibility index (Phi) is 2.84. The molecule has 0 saturated heterocycles. The van der Waals surface area contributed by atoms with Gasteiger partial charge in [-0.3, -0.25) is 9.59 Å².